The molecule has 0 radical (unpaired) electrons. The number of hydrogen-bond acceptors (Lipinski definition) is 4. The number of esters is 1. The molecule has 0 aliphatic carbocycles. The molecule has 0 saturated carbocycles. The van der Waals surface area contributed by atoms with Crippen LogP contribution in [0.15, 0.2) is 72.8 Å². The first-order valence-electron chi connectivity index (χ1n) is 9.16. The van der Waals surface area contributed by atoms with E-state index in [-0.39, 0.29) is 0 Å². The van der Waals surface area contributed by atoms with E-state index in [0.717, 1.165) is 17.7 Å². The van der Waals surface area contributed by atoms with Gasteiger partial charge in [-0.15, -0.1) is 0 Å². The minimum absolute atomic E-state index is 0.416. The number of ether oxygens (including phenoxy) is 2. The monoisotopic (exact) mass is 411 g/mol. The van der Waals surface area contributed by atoms with Gasteiger partial charge in [-0.05, 0) is 48.9 Å². The lowest BCUT2D eigenvalue weighted by Gasteiger charge is -2.14. The summed E-state index contributed by atoms with van der Waals surface area (Å²) in [5, 5.41) is 2.60. The molecule has 0 spiro atoms. The Morgan fingerprint density at radius 3 is 2.33 bits per heavy atom. The van der Waals surface area contributed by atoms with Gasteiger partial charge in [0, 0.05) is 11.8 Å². The van der Waals surface area contributed by atoms with Gasteiger partial charge in [0.05, 0.1) is 5.56 Å². The van der Waals surface area contributed by atoms with Gasteiger partial charge in [0.2, 0.25) is 0 Å². The molecule has 30 heavy (non-hydrogen) atoms. The molecule has 1 N–H and O–H groups in total. The van der Waals surface area contributed by atoms with Crippen molar-refractivity contribution in [2.45, 2.75) is 19.6 Å². The van der Waals surface area contributed by atoms with Crippen LogP contribution in [0.25, 0.3) is 0 Å². The number of benzene rings is 3. The highest BCUT2D eigenvalue weighted by atomic mass is 19.1. The molecule has 0 saturated heterocycles. The topological polar surface area (TPSA) is 64.6 Å². The molecule has 1 atom stereocenters. The maximum absolute atomic E-state index is 13.7. The van der Waals surface area contributed by atoms with Crippen LogP contribution in [-0.4, -0.2) is 18.0 Å². The number of carbonyl (C=O) groups is 2. The summed E-state index contributed by atoms with van der Waals surface area (Å²) in [5.41, 5.74) is 1.06. The van der Waals surface area contributed by atoms with Crippen molar-refractivity contribution < 1.29 is 27.8 Å². The maximum atomic E-state index is 13.7. The number of rotatable bonds is 7. The molecule has 3 aromatic rings. The normalized spacial score (nSPS) is 11.4. The first kappa shape index (κ1) is 21.0. The predicted molar refractivity (Wildman–Crippen MR) is 107 cm³/mol. The highest BCUT2D eigenvalue weighted by Gasteiger charge is 2.21. The summed E-state index contributed by atoms with van der Waals surface area (Å²) in [5.74, 6) is -2.89. The fraction of sp³-hybridized carbons (Fsp3) is 0.130. The van der Waals surface area contributed by atoms with E-state index in [1.807, 2.05) is 30.3 Å². The van der Waals surface area contributed by atoms with Gasteiger partial charge in [0.15, 0.2) is 6.10 Å². The van der Waals surface area contributed by atoms with Crippen molar-refractivity contribution in [2.24, 2.45) is 0 Å². The van der Waals surface area contributed by atoms with Crippen LogP contribution in [-0.2, 0) is 16.1 Å². The molecule has 0 fully saturated rings. The van der Waals surface area contributed by atoms with Crippen molar-refractivity contribution in [2.75, 3.05) is 5.32 Å². The van der Waals surface area contributed by atoms with E-state index in [1.54, 1.807) is 24.3 Å². The van der Waals surface area contributed by atoms with Crippen molar-refractivity contribution in [1.29, 1.82) is 0 Å². The van der Waals surface area contributed by atoms with Crippen molar-refractivity contribution >= 4 is 17.6 Å². The zero-order chi connectivity index (χ0) is 21.5. The fourth-order valence-corrected chi connectivity index (χ4v) is 2.55. The Morgan fingerprint density at radius 1 is 0.967 bits per heavy atom. The third-order valence-corrected chi connectivity index (χ3v) is 4.17. The molecule has 1 amide bonds. The number of carbonyl (C=O) groups excluding carboxylic acids is 2. The Bertz CT molecular complexity index is 1020. The van der Waals surface area contributed by atoms with Crippen LogP contribution >= 0.6 is 0 Å². The second kappa shape index (κ2) is 9.65. The second-order valence-electron chi connectivity index (χ2n) is 6.46. The SMILES string of the molecule is C[C@@H](OC(=O)c1ccc(F)cc1F)C(=O)Nc1ccc(OCc2ccccc2)cc1. The third kappa shape index (κ3) is 5.64. The Hall–Kier alpha value is -3.74. The number of halogens is 2. The summed E-state index contributed by atoms with van der Waals surface area (Å²) in [7, 11) is 0. The van der Waals surface area contributed by atoms with Crippen LogP contribution in [0.1, 0.15) is 22.8 Å². The molecule has 0 aliphatic heterocycles. The van der Waals surface area contributed by atoms with Crippen molar-refractivity contribution in [1.82, 2.24) is 0 Å². The van der Waals surface area contributed by atoms with Crippen LogP contribution < -0.4 is 10.1 Å². The largest absolute Gasteiger partial charge is 0.489 e. The standard InChI is InChI=1S/C23H19F2NO4/c1-15(30-23(28)20-12-7-17(24)13-21(20)25)22(27)26-18-8-10-19(11-9-18)29-14-16-5-3-2-4-6-16/h2-13,15H,14H2,1H3,(H,26,27)/t15-/m1/s1. The van der Waals surface area contributed by atoms with Gasteiger partial charge < -0.3 is 14.8 Å². The number of anilines is 1. The van der Waals surface area contributed by atoms with Crippen LogP contribution in [0, 0.1) is 11.6 Å². The Labute approximate surface area is 172 Å². The van der Waals surface area contributed by atoms with Crippen molar-refractivity contribution in [3.63, 3.8) is 0 Å². The average Bonchev–Trinajstić information content (AvgIpc) is 2.73. The summed E-state index contributed by atoms with van der Waals surface area (Å²) in [6.07, 6.45) is -1.18. The number of hydrogen-bond donors (Lipinski definition) is 1. The van der Waals surface area contributed by atoms with Gasteiger partial charge in [-0.1, -0.05) is 30.3 Å². The summed E-state index contributed by atoms with van der Waals surface area (Å²) in [6, 6.07) is 18.8. The minimum atomic E-state index is -1.18. The molecular formula is C23H19F2NO4. The van der Waals surface area contributed by atoms with Gasteiger partial charge in [-0.3, -0.25) is 4.79 Å². The molecule has 0 aliphatic rings. The Balaban J connectivity index is 1.52. The molecule has 5 nitrogen and oxygen atoms in total. The van der Waals surface area contributed by atoms with E-state index in [1.165, 1.54) is 6.92 Å². The summed E-state index contributed by atoms with van der Waals surface area (Å²) in [6.45, 7) is 1.77. The molecule has 0 heterocycles. The van der Waals surface area contributed by atoms with Crippen LogP contribution in [0.4, 0.5) is 14.5 Å². The minimum Gasteiger partial charge on any atom is -0.489 e. The van der Waals surface area contributed by atoms with E-state index in [4.69, 9.17) is 9.47 Å². The van der Waals surface area contributed by atoms with Gasteiger partial charge in [0.25, 0.3) is 5.91 Å². The van der Waals surface area contributed by atoms with Gasteiger partial charge in [0.1, 0.15) is 24.0 Å². The lowest BCUT2D eigenvalue weighted by Crippen LogP contribution is -2.30. The predicted octanol–water partition coefficient (Wildman–Crippen LogP) is 4.73. The van der Waals surface area contributed by atoms with Gasteiger partial charge in [-0.25, -0.2) is 13.6 Å². The molecule has 154 valence electrons. The maximum Gasteiger partial charge on any atom is 0.341 e. The van der Waals surface area contributed by atoms with E-state index < -0.39 is 35.2 Å². The zero-order valence-electron chi connectivity index (χ0n) is 16.1. The van der Waals surface area contributed by atoms with Crippen LogP contribution in [0.3, 0.4) is 0 Å². The molecule has 0 unspecified atom stereocenters. The second-order valence-corrected chi connectivity index (χ2v) is 6.46. The van der Waals surface area contributed by atoms with E-state index in [2.05, 4.69) is 5.32 Å². The van der Waals surface area contributed by atoms with Gasteiger partial charge in [-0.2, -0.15) is 0 Å². The van der Waals surface area contributed by atoms with Crippen LogP contribution in [0.5, 0.6) is 5.75 Å². The fourth-order valence-electron chi connectivity index (χ4n) is 2.55. The first-order chi connectivity index (χ1) is 14.4. The first-order valence-corrected chi connectivity index (χ1v) is 9.16. The summed E-state index contributed by atoms with van der Waals surface area (Å²) >= 11 is 0. The molecule has 0 aromatic heterocycles. The Kier molecular flexibility index (Phi) is 6.75. The average molecular weight is 411 g/mol. The van der Waals surface area contributed by atoms with Crippen molar-refractivity contribution in [3.05, 3.63) is 95.6 Å². The molecular weight excluding hydrogens is 392 g/mol. The third-order valence-electron chi connectivity index (χ3n) is 4.17. The summed E-state index contributed by atoms with van der Waals surface area (Å²) < 4.78 is 37.2. The molecule has 3 aromatic carbocycles. The van der Waals surface area contributed by atoms with E-state index >= 15 is 0 Å². The number of amides is 1. The van der Waals surface area contributed by atoms with Gasteiger partial charge >= 0.3 is 5.97 Å². The lowest BCUT2D eigenvalue weighted by molar-refractivity contribution is -0.123. The zero-order valence-corrected chi connectivity index (χ0v) is 16.1. The lowest BCUT2D eigenvalue weighted by atomic mass is 10.2. The van der Waals surface area contributed by atoms with Crippen molar-refractivity contribution in [3.8, 4) is 5.75 Å². The molecule has 7 heteroatoms. The van der Waals surface area contributed by atoms with Crippen LogP contribution in [0.2, 0.25) is 0 Å². The van der Waals surface area contributed by atoms with E-state index in [9.17, 15) is 18.4 Å². The van der Waals surface area contributed by atoms with E-state index in [0.29, 0.717) is 24.1 Å². The molecule has 0 bridgehead atoms. The Morgan fingerprint density at radius 2 is 1.67 bits per heavy atom. The summed E-state index contributed by atoms with van der Waals surface area (Å²) in [4.78, 5) is 24.2. The smallest absolute Gasteiger partial charge is 0.341 e. The quantitative estimate of drug-likeness (QED) is 0.571. The highest BCUT2D eigenvalue weighted by molar-refractivity contribution is 5.97. The highest BCUT2D eigenvalue weighted by Crippen LogP contribution is 2.18. The number of nitrogens with one attached hydrogen (secondary N) is 1. The molecule has 3 rings (SSSR count).